The zero-order chi connectivity index (χ0) is 22.9. The Morgan fingerprint density at radius 2 is 1.59 bits per heavy atom. The Hall–Kier alpha value is -4.40. The van der Waals surface area contributed by atoms with Gasteiger partial charge >= 0.3 is 5.69 Å². The molecular formula is C23H21N3O6. The first kappa shape index (κ1) is 22.3. The quantitative estimate of drug-likeness (QED) is 0.387. The molecule has 1 atom stereocenters. The Morgan fingerprint density at radius 1 is 0.938 bits per heavy atom. The van der Waals surface area contributed by atoms with E-state index < -0.39 is 16.9 Å². The summed E-state index contributed by atoms with van der Waals surface area (Å²) in [4.78, 5) is 35.1. The maximum Gasteiger partial charge on any atom is 0.310 e. The van der Waals surface area contributed by atoms with E-state index in [0.29, 0.717) is 17.1 Å². The van der Waals surface area contributed by atoms with Crippen molar-refractivity contribution in [1.29, 1.82) is 0 Å². The van der Waals surface area contributed by atoms with E-state index in [1.807, 2.05) is 6.07 Å². The number of hydrogen-bond donors (Lipinski definition) is 2. The molecule has 3 aromatic rings. The average Bonchev–Trinajstić information content (AvgIpc) is 2.79. The van der Waals surface area contributed by atoms with Gasteiger partial charge in [0.25, 0.3) is 11.8 Å². The molecule has 2 amide bonds. The number of nitro benzene ring substituents is 1. The lowest BCUT2D eigenvalue weighted by atomic mass is 10.2. The molecule has 0 aliphatic carbocycles. The molecule has 0 aromatic heterocycles. The van der Waals surface area contributed by atoms with Crippen molar-refractivity contribution in [3.05, 3.63) is 89.0 Å². The fraction of sp³-hybridized carbons (Fsp3) is 0.130. The van der Waals surface area contributed by atoms with Crippen molar-refractivity contribution in [2.75, 3.05) is 17.2 Å². The highest BCUT2D eigenvalue weighted by molar-refractivity contribution is 5.96. The zero-order valence-corrected chi connectivity index (χ0v) is 17.2. The highest BCUT2D eigenvalue weighted by atomic mass is 16.6. The summed E-state index contributed by atoms with van der Waals surface area (Å²) >= 11 is 0. The van der Waals surface area contributed by atoms with Crippen molar-refractivity contribution < 1.29 is 24.0 Å². The van der Waals surface area contributed by atoms with Gasteiger partial charge in [-0.3, -0.25) is 19.7 Å². The van der Waals surface area contributed by atoms with Gasteiger partial charge in [0.2, 0.25) is 0 Å². The predicted octanol–water partition coefficient (Wildman–Crippen LogP) is 4.02. The summed E-state index contributed by atoms with van der Waals surface area (Å²) in [6, 6.07) is 21.3. The number of anilines is 2. The number of hydrogen-bond acceptors (Lipinski definition) is 6. The minimum absolute atomic E-state index is 0.000389. The van der Waals surface area contributed by atoms with E-state index in [1.165, 1.54) is 25.1 Å². The van der Waals surface area contributed by atoms with Crippen LogP contribution in [0.25, 0.3) is 0 Å². The third-order valence-corrected chi connectivity index (χ3v) is 4.26. The minimum Gasteiger partial charge on any atom is -0.484 e. The van der Waals surface area contributed by atoms with Gasteiger partial charge in [-0.25, -0.2) is 0 Å². The van der Waals surface area contributed by atoms with Crippen molar-refractivity contribution in [2.45, 2.75) is 13.0 Å². The van der Waals surface area contributed by atoms with Gasteiger partial charge in [-0.1, -0.05) is 36.4 Å². The lowest BCUT2D eigenvalue weighted by molar-refractivity contribution is -0.386. The number of nitrogens with zero attached hydrogens (tertiary/aromatic N) is 1. The molecule has 0 spiro atoms. The van der Waals surface area contributed by atoms with E-state index in [1.54, 1.807) is 54.6 Å². The molecular weight excluding hydrogens is 414 g/mol. The first-order chi connectivity index (χ1) is 15.4. The SMILES string of the molecule is CC(Oc1ccccc1[N+](=O)[O-])C(=O)Nc1cccc(NC(=O)COc2ccccc2)c1. The van der Waals surface area contributed by atoms with Crippen LogP contribution in [-0.4, -0.2) is 29.4 Å². The highest BCUT2D eigenvalue weighted by Gasteiger charge is 2.20. The van der Waals surface area contributed by atoms with Gasteiger partial charge in [0.1, 0.15) is 5.75 Å². The van der Waals surface area contributed by atoms with Crippen molar-refractivity contribution in [1.82, 2.24) is 0 Å². The molecule has 3 rings (SSSR count). The molecule has 3 aromatic carbocycles. The molecule has 0 saturated heterocycles. The molecule has 0 heterocycles. The number of benzene rings is 3. The van der Waals surface area contributed by atoms with Gasteiger partial charge in [0.15, 0.2) is 18.5 Å². The molecule has 1 unspecified atom stereocenters. The summed E-state index contributed by atoms with van der Waals surface area (Å²) in [7, 11) is 0. The third-order valence-electron chi connectivity index (χ3n) is 4.26. The van der Waals surface area contributed by atoms with Crippen LogP contribution in [0.1, 0.15) is 6.92 Å². The number of nitrogens with one attached hydrogen (secondary N) is 2. The molecule has 9 heteroatoms. The smallest absolute Gasteiger partial charge is 0.310 e. The number of amides is 2. The Kier molecular flexibility index (Phi) is 7.37. The monoisotopic (exact) mass is 435 g/mol. The Morgan fingerprint density at radius 3 is 2.31 bits per heavy atom. The van der Waals surface area contributed by atoms with Gasteiger partial charge in [0, 0.05) is 17.4 Å². The van der Waals surface area contributed by atoms with Crippen LogP contribution in [-0.2, 0) is 9.59 Å². The number of para-hydroxylation sites is 3. The van der Waals surface area contributed by atoms with Crippen LogP contribution in [0.4, 0.5) is 17.1 Å². The molecule has 0 aliphatic rings. The van der Waals surface area contributed by atoms with Crippen molar-refractivity contribution >= 4 is 28.9 Å². The molecule has 0 aliphatic heterocycles. The second-order valence-electron chi connectivity index (χ2n) is 6.70. The molecule has 0 radical (unpaired) electrons. The van der Waals surface area contributed by atoms with Crippen molar-refractivity contribution in [3.8, 4) is 11.5 Å². The number of ether oxygens (including phenoxy) is 2. The topological polar surface area (TPSA) is 120 Å². The molecule has 0 saturated carbocycles. The minimum atomic E-state index is -0.992. The second-order valence-corrected chi connectivity index (χ2v) is 6.70. The average molecular weight is 435 g/mol. The Labute approximate surface area is 184 Å². The molecule has 2 N–H and O–H groups in total. The number of nitro groups is 1. The fourth-order valence-electron chi connectivity index (χ4n) is 2.73. The lowest BCUT2D eigenvalue weighted by Crippen LogP contribution is -2.30. The largest absolute Gasteiger partial charge is 0.484 e. The Balaban J connectivity index is 1.56. The van der Waals surface area contributed by atoms with E-state index >= 15 is 0 Å². The summed E-state index contributed by atoms with van der Waals surface area (Å²) in [5.74, 6) is -0.277. The van der Waals surface area contributed by atoms with Crippen LogP contribution in [0.2, 0.25) is 0 Å². The van der Waals surface area contributed by atoms with E-state index in [4.69, 9.17) is 9.47 Å². The second kappa shape index (κ2) is 10.6. The van der Waals surface area contributed by atoms with Crippen LogP contribution in [0.15, 0.2) is 78.9 Å². The van der Waals surface area contributed by atoms with Crippen molar-refractivity contribution in [2.24, 2.45) is 0 Å². The molecule has 32 heavy (non-hydrogen) atoms. The maximum absolute atomic E-state index is 12.5. The first-order valence-electron chi connectivity index (χ1n) is 9.71. The first-order valence-corrected chi connectivity index (χ1v) is 9.71. The standard InChI is InChI=1S/C23H21N3O6/c1-16(32-21-13-6-5-12-20(21)26(29)30)23(28)25-18-9-7-8-17(14-18)24-22(27)15-31-19-10-3-2-4-11-19/h2-14,16H,15H2,1H3,(H,24,27)(H,25,28). The fourth-order valence-corrected chi connectivity index (χ4v) is 2.73. The van der Waals surface area contributed by atoms with E-state index in [9.17, 15) is 19.7 Å². The van der Waals surface area contributed by atoms with Gasteiger partial charge in [0.05, 0.1) is 4.92 Å². The molecule has 164 valence electrons. The summed E-state index contributed by atoms with van der Waals surface area (Å²) in [6.45, 7) is 1.32. The molecule has 0 bridgehead atoms. The molecule has 9 nitrogen and oxygen atoms in total. The lowest BCUT2D eigenvalue weighted by Gasteiger charge is -2.15. The highest BCUT2D eigenvalue weighted by Crippen LogP contribution is 2.27. The van der Waals surface area contributed by atoms with Crippen LogP contribution in [0.5, 0.6) is 11.5 Å². The van der Waals surface area contributed by atoms with Crippen LogP contribution < -0.4 is 20.1 Å². The predicted molar refractivity (Wildman–Crippen MR) is 119 cm³/mol. The molecule has 0 fully saturated rings. The van der Waals surface area contributed by atoms with Crippen LogP contribution >= 0.6 is 0 Å². The normalized spacial score (nSPS) is 11.2. The van der Waals surface area contributed by atoms with E-state index in [-0.39, 0.29) is 24.0 Å². The van der Waals surface area contributed by atoms with Crippen molar-refractivity contribution in [3.63, 3.8) is 0 Å². The van der Waals surface area contributed by atoms with E-state index in [0.717, 1.165) is 0 Å². The van der Waals surface area contributed by atoms with Gasteiger partial charge < -0.3 is 20.1 Å². The number of carbonyl (C=O) groups excluding carboxylic acids is 2. The Bertz CT molecular complexity index is 1100. The summed E-state index contributed by atoms with van der Waals surface area (Å²) in [5, 5.41) is 16.5. The van der Waals surface area contributed by atoms with Crippen LogP contribution in [0, 0.1) is 10.1 Å². The van der Waals surface area contributed by atoms with E-state index in [2.05, 4.69) is 10.6 Å². The van der Waals surface area contributed by atoms with Gasteiger partial charge in [-0.05, 0) is 43.3 Å². The number of rotatable bonds is 9. The summed E-state index contributed by atoms with van der Waals surface area (Å²) in [5.41, 5.74) is 0.668. The zero-order valence-electron chi connectivity index (χ0n) is 17.2. The summed E-state index contributed by atoms with van der Waals surface area (Å²) < 4.78 is 10.9. The number of carbonyl (C=O) groups is 2. The van der Waals surface area contributed by atoms with Gasteiger partial charge in [-0.15, -0.1) is 0 Å². The summed E-state index contributed by atoms with van der Waals surface area (Å²) in [6.07, 6.45) is -0.992. The van der Waals surface area contributed by atoms with Gasteiger partial charge in [-0.2, -0.15) is 0 Å². The third kappa shape index (κ3) is 6.30. The van der Waals surface area contributed by atoms with Crippen LogP contribution in [0.3, 0.4) is 0 Å². The maximum atomic E-state index is 12.5.